The van der Waals surface area contributed by atoms with Gasteiger partial charge in [-0.1, -0.05) is 0 Å². The maximum absolute atomic E-state index is 11.9. The van der Waals surface area contributed by atoms with Gasteiger partial charge in [-0.25, -0.2) is 13.2 Å². The third kappa shape index (κ3) is 3.38. The van der Waals surface area contributed by atoms with Gasteiger partial charge in [0.05, 0.1) is 30.8 Å². The predicted octanol–water partition coefficient (Wildman–Crippen LogP) is 1.80. The van der Waals surface area contributed by atoms with Crippen LogP contribution in [0.15, 0.2) is 18.2 Å². The molecule has 1 aromatic carbocycles. The molecule has 1 aliphatic rings. The summed E-state index contributed by atoms with van der Waals surface area (Å²) in [6.07, 6.45) is 0.0188. The molecule has 0 spiro atoms. The van der Waals surface area contributed by atoms with Crippen molar-refractivity contribution in [1.82, 2.24) is 0 Å². The number of nitrogens with zero attached hydrogens (tertiary/aromatic N) is 1. The molecule has 1 amide bonds. The predicted molar refractivity (Wildman–Crippen MR) is 79.4 cm³/mol. The van der Waals surface area contributed by atoms with E-state index in [0.29, 0.717) is 30.1 Å². The second kappa shape index (κ2) is 6.21. The van der Waals surface area contributed by atoms with Gasteiger partial charge in [0.2, 0.25) is 10.0 Å². The van der Waals surface area contributed by atoms with Crippen molar-refractivity contribution >= 4 is 27.5 Å². The Bertz CT molecular complexity index is 629. The fraction of sp³-hybridized carbons (Fsp3) is 0.462. The Kier molecular flexibility index (Phi) is 4.56. The van der Waals surface area contributed by atoms with Crippen molar-refractivity contribution in [2.75, 3.05) is 35.6 Å². The van der Waals surface area contributed by atoms with Crippen LogP contribution in [-0.2, 0) is 14.8 Å². The van der Waals surface area contributed by atoms with E-state index in [1.54, 1.807) is 25.1 Å². The van der Waals surface area contributed by atoms with Crippen LogP contribution in [0.5, 0.6) is 5.75 Å². The minimum Gasteiger partial charge on any atom is -0.494 e. The highest BCUT2D eigenvalue weighted by Gasteiger charge is 2.29. The number of benzene rings is 1. The van der Waals surface area contributed by atoms with Crippen LogP contribution >= 0.6 is 0 Å². The first-order valence-corrected chi connectivity index (χ1v) is 8.21. The highest BCUT2D eigenvalue weighted by atomic mass is 32.2. The van der Waals surface area contributed by atoms with Gasteiger partial charge in [0.15, 0.2) is 0 Å². The van der Waals surface area contributed by atoms with Gasteiger partial charge < -0.3 is 9.47 Å². The quantitative estimate of drug-likeness (QED) is 0.916. The summed E-state index contributed by atoms with van der Waals surface area (Å²) in [5.74, 6) is 0.528. The molecule has 0 aromatic heterocycles. The Balaban J connectivity index is 2.26. The highest BCUT2D eigenvalue weighted by molar-refractivity contribution is 7.93. The van der Waals surface area contributed by atoms with Crippen LogP contribution in [0, 0.1) is 0 Å². The van der Waals surface area contributed by atoms with Crippen molar-refractivity contribution < 1.29 is 22.7 Å². The molecule has 0 atom stereocenters. The molecule has 0 radical (unpaired) electrons. The van der Waals surface area contributed by atoms with Crippen LogP contribution in [0.1, 0.15) is 13.3 Å². The van der Waals surface area contributed by atoms with Crippen molar-refractivity contribution in [2.24, 2.45) is 0 Å². The van der Waals surface area contributed by atoms with Crippen LogP contribution in [0.2, 0.25) is 0 Å². The molecule has 2 rings (SSSR count). The van der Waals surface area contributed by atoms with Gasteiger partial charge in [0, 0.05) is 12.6 Å². The second-order valence-electron chi connectivity index (χ2n) is 4.47. The van der Waals surface area contributed by atoms with Crippen molar-refractivity contribution in [3.05, 3.63) is 18.2 Å². The Hall–Kier alpha value is -1.96. The standard InChI is InChI=1S/C13H18N2O5S/c1-3-20-13(16)14-11-6-5-10(9-12(11)19-2)15-7-4-8-21(15,17)18/h5-6,9H,3-4,7-8H2,1-2H3,(H,14,16). The molecule has 7 nitrogen and oxygen atoms in total. The van der Waals surface area contributed by atoms with Gasteiger partial charge >= 0.3 is 6.09 Å². The number of rotatable bonds is 4. The third-order valence-corrected chi connectivity index (χ3v) is 4.95. The molecule has 0 aliphatic carbocycles. The zero-order valence-corrected chi connectivity index (χ0v) is 12.8. The van der Waals surface area contributed by atoms with E-state index in [1.165, 1.54) is 11.4 Å². The SMILES string of the molecule is CCOC(=O)Nc1ccc(N2CCCS2(=O)=O)cc1OC. The summed E-state index contributed by atoms with van der Waals surface area (Å²) in [5.41, 5.74) is 0.954. The Morgan fingerprint density at radius 2 is 2.19 bits per heavy atom. The minimum atomic E-state index is -3.24. The zero-order valence-electron chi connectivity index (χ0n) is 12.0. The highest BCUT2D eigenvalue weighted by Crippen LogP contribution is 2.32. The minimum absolute atomic E-state index is 0.151. The summed E-state index contributed by atoms with van der Waals surface area (Å²) >= 11 is 0. The van der Waals surface area contributed by atoms with E-state index in [9.17, 15) is 13.2 Å². The lowest BCUT2D eigenvalue weighted by molar-refractivity contribution is 0.168. The number of amides is 1. The fourth-order valence-corrected chi connectivity index (χ4v) is 3.70. The van der Waals surface area contributed by atoms with Gasteiger partial charge in [-0.05, 0) is 25.5 Å². The first kappa shape index (κ1) is 15.4. The topological polar surface area (TPSA) is 84.9 Å². The van der Waals surface area contributed by atoms with E-state index in [-0.39, 0.29) is 12.4 Å². The first-order valence-electron chi connectivity index (χ1n) is 6.60. The summed E-state index contributed by atoms with van der Waals surface area (Å²) in [5, 5.41) is 2.55. The van der Waals surface area contributed by atoms with E-state index in [2.05, 4.69) is 5.32 Å². The number of hydrogen-bond acceptors (Lipinski definition) is 5. The number of carbonyl (C=O) groups excluding carboxylic acids is 1. The molecular formula is C13H18N2O5S. The molecular weight excluding hydrogens is 296 g/mol. The number of carbonyl (C=O) groups is 1. The van der Waals surface area contributed by atoms with Gasteiger partial charge in [-0.15, -0.1) is 0 Å². The average Bonchev–Trinajstić information content (AvgIpc) is 2.79. The van der Waals surface area contributed by atoms with Gasteiger partial charge in [-0.3, -0.25) is 9.62 Å². The first-order chi connectivity index (χ1) is 9.97. The summed E-state index contributed by atoms with van der Waals surface area (Å²) < 4.78 is 35.2. The molecule has 1 saturated heterocycles. The Morgan fingerprint density at radius 3 is 2.76 bits per heavy atom. The summed E-state index contributed by atoms with van der Waals surface area (Å²) in [4.78, 5) is 11.4. The molecule has 1 N–H and O–H groups in total. The molecule has 0 saturated carbocycles. The molecule has 8 heteroatoms. The lowest BCUT2D eigenvalue weighted by Gasteiger charge is -2.19. The maximum atomic E-state index is 11.9. The van der Waals surface area contributed by atoms with Crippen molar-refractivity contribution in [3.63, 3.8) is 0 Å². The van der Waals surface area contributed by atoms with Crippen molar-refractivity contribution in [1.29, 1.82) is 0 Å². The molecule has 1 aromatic rings. The number of anilines is 2. The number of methoxy groups -OCH3 is 1. The van der Waals surface area contributed by atoms with Gasteiger partial charge in [-0.2, -0.15) is 0 Å². The molecule has 21 heavy (non-hydrogen) atoms. The number of sulfonamides is 1. The van der Waals surface area contributed by atoms with E-state index >= 15 is 0 Å². The number of nitrogens with one attached hydrogen (secondary N) is 1. The maximum Gasteiger partial charge on any atom is 0.411 e. The number of hydrogen-bond donors (Lipinski definition) is 1. The molecule has 1 aliphatic heterocycles. The second-order valence-corrected chi connectivity index (χ2v) is 6.48. The molecule has 1 heterocycles. The number of ether oxygens (including phenoxy) is 2. The normalized spacial score (nSPS) is 16.6. The average molecular weight is 314 g/mol. The van der Waals surface area contributed by atoms with Crippen LogP contribution in [0.4, 0.5) is 16.2 Å². The smallest absolute Gasteiger partial charge is 0.411 e. The Morgan fingerprint density at radius 1 is 1.43 bits per heavy atom. The molecule has 1 fully saturated rings. The third-order valence-electron chi connectivity index (χ3n) is 3.08. The van der Waals surface area contributed by atoms with Crippen LogP contribution < -0.4 is 14.4 Å². The van der Waals surface area contributed by atoms with Crippen molar-refractivity contribution in [2.45, 2.75) is 13.3 Å². The van der Waals surface area contributed by atoms with E-state index in [1.807, 2.05) is 0 Å². The van der Waals surface area contributed by atoms with E-state index < -0.39 is 16.1 Å². The fourth-order valence-electron chi connectivity index (χ4n) is 2.14. The van der Waals surface area contributed by atoms with Crippen molar-refractivity contribution in [3.8, 4) is 5.75 Å². The van der Waals surface area contributed by atoms with E-state index in [0.717, 1.165) is 0 Å². The summed E-state index contributed by atoms with van der Waals surface area (Å²) in [7, 11) is -1.79. The molecule has 0 unspecified atom stereocenters. The Labute approximate surface area is 123 Å². The van der Waals surface area contributed by atoms with Crippen LogP contribution in [0.3, 0.4) is 0 Å². The van der Waals surface area contributed by atoms with Crippen LogP contribution in [0.25, 0.3) is 0 Å². The lowest BCUT2D eigenvalue weighted by atomic mass is 10.2. The molecule has 0 bridgehead atoms. The summed E-state index contributed by atoms with van der Waals surface area (Å²) in [6.45, 7) is 2.42. The van der Waals surface area contributed by atoms with Gasteiger partial charge in [0.1, 0.15) is 5.75 Å². The van der Waals surface area contributed by atoms with Gasteiger partial charge in [0.25, 0.3) is 0 Å². The van der Waals surface area contributed by atoms with E-state index in [4.69, 9.17) is 9.47 Å². The largest absolute Gasteiger partial charge is 0.494 e. The summed E-state index contributed by atoms with van der Waals surface area (Å²) in [6, 6.07) is 4.82. The van der Waals surface area contributed by atoms with Crippen LogP contribution in [-0.4, -0.2) is 40.5 Å². The zero-order chi connectivity index (χ0) is 15.5. The lowest BCUT2D eigenvalue weighted by Crippen LogP contribution is -2.25. The molecule has 116 valence electrons. The monoisotopic (exact) mass is 314 g/mol.